The van der Waals surface area contributed by atoms with Gasteiger partial charge in [-0.1, -0.05) is 24.3 Å². The maximum atomic E-state index is 12.2. The molecule has 132 valence electrons. The summed E-state index contributed by atoms with van der Waals surface area (Å²) in [6, 6.07) is 13.6. The molecule has 2 aromatic carbocycles. The zero-order chi connectivity index (χ0) is 18.1. The number of aromatic amines is 1. The van der Waals surface area contributed by atoms with Gasteiger partial charge in [0.2, 0.25) is 0 Å². The number of nitrogens with zero attached hydrogens (tertiary/aromatic N) is 2. The zero-order valence-electron chi connectivity index (χ0n) is 14.7. The Bertz CT molecular complexity index is 1140. The number of nitrogens with one attached hydrogen (secondary N) is 2. The minimum absolute atomic E-state index is 0.0917. The van der Waals surface area contributed by atoms with Crippen LogP contribution in [0.1, 0.15) is 5.56 Å². The van der Waals surface area contributed by atoms with Gasteiger partial charge < -0.3 is 15.0 Å². The molecule has 2 heterocycles. The van der Waals surface area contributed by atoms with Crippen molar-refractivity contribution in [2.45, 2.75) is 13.5 Å². The number of pyridine rings is 1. The van der Waals surface area contributed by atoms with Crippen LogP contribution in [0.3, 0.4) is 0 Å². The van der Waals surface area contributed by atoms with Gasteiger partial charge >= 0.3 is 5.69 Å². The van der Waals surface area contributed by atoms with Crippen LogP contribution in [0.25, 0.3) is 21.9 Å². The molecule has 0 saturated heterocycles. The first kappa shape index (κ1) is 16.2. The third-order valence-electron chi connectivity index (χ3n) is 4.59. The van der Waals surface area contributed by atoms with Crippen LogP contribution in [0.5, 0.6) is 5.75 Å². The fourth-order valence-electron chi connectivity index (χ4n) is 3.32. The van der Waals surface area contributed by atoms with Crippen LogP contribution in [0.15, 0.2) is 53.5 Å². The molecule has 0 aliphatic heterocycles. The molecule has 2 aromatic heterocycles. The number of methoxy groups -OCH3 is 1. The number of imidazole rings is 1. The predicted octanol–water partition coefficient (Wildman–Crippen LogP) is 3.31. The number of hydrogen-bond acceptors (Lipinski definition) is 4. The van der Waals surface area contributed by atoms with Crippen LogP contribution < -0.4 is 15.7 Å². The lowest BCUT2D eigenvalue weighted by Gasteiger charge is -2.14. The quantitative estimate of drug-likeness (QED) is 0.580. The Kier molecular flexibility index (Phi) is 4.08. The minimum atomic E-state index is -0.0917. The van der Waals surface area contributed by atoms with Gasteiger partial charge in [-0.3, -0.25) is 9.55 Å². The summed E-state index contributed by atoms with van der Waals surface area (Å²) in [7, 11) is 1.65. The van der Waals surface area contributed by atoms with Gasteiger partial charge in [0.1, 0.15) is 11.3 Å². The van der Waals surface area contributed by atoms with Crippen molar-refractivity contribution >= 4 is 27.6 Å². The van der Waals surface area contributed by atoms with Crippen LogP contribution in [0, 0.1) is 6.92 Å². The van der Waals surface area contributed by atoms with Crippen LogP contribution in [0.4, 0.5) is 5.69 Å². The van der Waals surface area contributed by atoms with E-state index in [1.807, 2.05) is 55.6 Å². The maximum Gasteiger partial charge on any atom is 0.326 e. The van der Waals surface area contributed by atoms with Crippen LogP contribution in [-0.2, 0) is 6.54 Å². The highest BCUT2D eigenvalue weighted by Crippen LogP contribution is 2.30. The number of fused-ring (bicyclic) bond motifs is 2. The molecule has 6 nitrogen and oxygen atoms in total. The Balaban J connectivity index is 1.63. The van der Waals surface area contributed by atoms with Crippen molar-refractivity contribution in [3.8, 4) is 5.75 Å². The first-order valence-electron chi connectivity index (χ1n) is 8.53. The summed E-state index contributed by atoms with van der Waals surface area (Å²) in [4.78, 5) is 19.6. The fourth-order valence-corrected chi connectivity index (χ4v) is 3.32. The second kappa shape index (κ2) is 6.55. The molecule has 0 spiro atoms. The number of benzene rings is 2. The summed E-state index contributed by atoms with van der Waals surface area (Å²) in [5.74, 6) is 0.749. The number of rotatable bonds is 5. The number of hydrogen-bond donors (Lipinski definition) is 2. The monoisotopic (exact) mass is 348 g/mol. The highest BCUT2D eigenvalue weighted by atomic mass is 16.5. The molecule has 0 bridgehead atoms. The Labute approximate surface area is 150 Å². The highest BCUT2D eigenvalue weighted by molar-refractivity contribution is 5.96. The van der Waals surface area contributed by atoms with E-state index in [0.29, 0.717) is 13.1 Å². The number of para-hydroxylation sites is 3. The Morgan fingerprint density at radius 1 is 1.19 bits per heavy atom. The van der Waals surface area contributed by atoms with Gasteiger partial charge in [-0.15, -0.1) is 0 Å². The van der Waals surface area contributed by atoms with E-state index in [1.165, 1.54) is 0 Å². The molecule has 4 rings (SSSR count). The summed E-state index contributed by atoms with van der Waals surface area (Å²) in [5, 5.41) is 4.48. The number of anilines is 1. The average molecular weight is 348 g/mol. The third-order valence-corrected chi connectivity index (χ3v) is 4.59. The van der Waals surface area contributed by atoms with E-state index in [0.717, 1.165) is 38.9 Å². The van der Waals surface area contributed by atoms with Crippen molar-refractivity contribution < 1.29 is 4.74 Å². The lowest BCUT2D eigenvalue weighted by atomic mass is 10.1. The zero-order valence-corrected chi connectivity index (χ0v) is 14.7. The van der Waals surface area contributed by atoms with Crippen LogP contribution in [0.2, 0.25) is 0 Å². The van der Waals surface area contributed by atoms with Crippen molar-refractivity contribution in [3.05, 3.63) is 64.7 Å². The molecule has 0 unspecified atom stereocenters. The molecule has 0 amide bonds. The Hall–Kier alpha value is -3.28. The second-order valence-electron chi connectivity index (χ2n) is 6.20. The van der Waals surface area contributed by atoms with Crippen molar-refractivity contribution in [2.75, 3.05) is 19.0 Å². The molecule has 6 heteroatoms. The highest BCUT2D eigenvalue weighted by Gasteiger charge is 2.10. The molecule has 0 aliphatic carbocycles. The topological polar surface area (TPSA) is 71.9 Å². The molecule has 0 radical (unpaired) electrons. The fraction of sp³-hybridized carbons (Fsp3) is 0.200. The molecule has 0 atom stereocenters. The summed E-state index contributed by atoms with van der Waals surface area (Å²) >= 11 is 0. The number of ether oxygens (including phenoxy) is 1. The third kappa shape index (κ3) is 2.69. The van der Waals surface area contributed by atoms with Gasteiger partial charge in [0, 0.05) is 30.4 Å². The number of aromatic nitrogens is 3. The predicted molar refractivity (Wildman–Crippen MR) is 104 cm³/mol. The largest absolute Gasteiger partial charge is 0.494 e. The summed E-state index contributed by atoms with van der Waals surface area (Å²) in [6.07, 6.45) is 1.84. The van der Waals surface area contributed by atoms with Crippen LogP contribution in [-0.4, -0.2) is 28.2 Å². The van der Waals surface area contributed by atoms with Crippen LogP contribution >= 0.6 is 0 Å². The van der Waals surface area contributed by atoms with E-state index in [4.69, 9.17) is 4.74 Å². The molecular weight excluding hydrogens is 328 g/mol. The average Bonchev–Trinajstić information content (AvgIpc) is 2.98. The molecule has 0 fully saturated rings. The Morgan fingerprint density at radius 2 is 2.04 bits per heavy atom. The molecule has 0 aliphatic rings. The minimum Gasteiger partial charge on any atom is -0.494 e. The molecule has 0 saturated carbocycles. The van der Waals surface area contributed by atoms with Crippen molar-refractivity contribution in [2.24, 2.45) is 0 Å². The first-order valence-corrected chi connectivity index (χ1v) is 8.53. The van der Waals surface area contributed by atoms with E-state index < -0.39 is 0 Å². The number of aryl methyl sites for hydroxylation is 1. The van der Waals surface area contributed by atoms with Gasteiger partial charge in [-0.2, -0.15) is 0 Å². The molecule has 4 aromatic rings. The van der Waals surface area contributed by atoms with Crippen molar-refractivity contribution in [3.63, 3.8) is 0 Å². The van der Waals surface area contributed by atoms with Gasteiger partial charge in [-0.05, 0) is 30.7 Å². The lowest BCUT2D eigenvalue weighted by Crippen LogP contribution is -2.21. The standard InChI is InChI=1S/C20H20N4O2/c1-13-12-22-19-14(6-5-9-17(19)26-2)18(13)21-10-11-24-16-8-4-3-7-15(16)23-20(24)25/h3-9,12H,10-11H2,1-2H3,(H,21,22)(H,23,25). The van der Waals surface area contributed by atoms with E-state index in [-0.39, 0.29) is 5.69 Å². The summed E-state index contributed by atoms with van der Waals surface area (Å²) in [5.41, 5.74) is 4.57. The van der Waals surface area contributed by atoms with Gasteiger partial charge in [-0.25, -0.2) is 4.79 Å². The normalized spacial score (nSPS) is 11.2. The van der Waals surface area contributed by atoms with Gasteiger partial charge in [0.05, 0.1) is 18.1 Å². The SMILES string of the molecule is COc1cccc2c(NCCn3c(=O)[nH]c4ccccc43)c(C)cnc12. The van der Waals surface area contributed by atoms with E-state index in [9.17, 15) is 4.79 Å². The lowest BCUT2D eigenvalue weighted by molar-refractivity contribution is 0.419. The summed E-state index contributed by atoms with van der Waals surface area (Å²) < 4.78 is 7.16. The Morgan fingerprint density at radius 3 is 2.88 bits per heavy atom. The van der Waals surface area contributed by atoms with Crippen molar-refractivity contribution in [1.29, 1.82) is 0 Å². The van der Waals surface area contributed by atoms with Gasteiger partial charge in [0.15, 0.2) is 0 Å². The first-order chi connectivity index (χ1) is 12.7. The number of H-pyrrole nitrogens is 1. The second-order valence-corrected chi connectivity index (χ2v) is 6.20. The molecule has 26 heavy (non-hydrogen) atoms. The van der Waals surface area contributed by atoms with E-state index in [2.05, 4.69) is 15.3 Å². The molecule has 2 N–H and O–H groups in total. The molecular formula is C20H20N4O2. The van der Waals surface area contributed by atoms with E-state index in [1.54, 1.807) is 11.7 Å². The van der Waals surface area contributed by atoms with E-state index >= 15 is 0 Å². The van der Waals surface area contributed by atoms with Gasteiger partial charge in [0.25, 0.3) is 0 Å². The van der Waals surface area contributed by atoms with Crippen molar-refractivity contribution in [1.82, 2.24) is 14.5 Å². The summed E-state index contributed by atoms with van der Waals surface area (Å²) in [6.45, 7) is 3.21. The maximum absolute atomic E-state index is 12.2. The smallest absolute Gasteiger partial charge is 0.326 e.